The van der Waals surface area contributed by atoms with Crippen LogP contribution < -0.4 is 0 Å². The zero-order valence-electron chi connectivity index (χ0n) is 8.03. The van der Waals surface area contributed by atoms with Gasteiger partial charge < -0.3 is 9.66 Å². The zero-order valence-corrected chi connectivity index (χ0v) is 11.2. The Balaban J connectivity index is 0. The summed E-state index contributed by atoms with van der Waals surface area (Å²) in [6.45, 7) is 2.15. The molecular weight excluding hydrogens is 285 g/mol. The van der Waals surface area contributed by atoms with Crippen LogP contribution in [0.2, 0.25) is 0 Å². The smallest absolute Gasteiger partial charge is 0.317 e. The second kappa shape index (κ2) is 11.1. The second-order valence-corrected chi connectivity index (χ2v) is 5.44. The standard InChI is InChI=1S/C7H13NO2.Cl2OS.ClH/c9-7(10)6-8-4-2-1-3-5-8;1-4(2)3;/h1-6H2,(H,9,10);;1H. The van der Waals surface area contributed by atoms with Crippen molar-refractivity contribution in [2.45, 2.75) is 19.3 Å². The molecule has 0 amide bonds. The number of carbonyl (C=O) groups is 1. The lowest BCUT2D eigenvalue weighted by atomic mass is 10.1. The Labute approximate surface area is 108 Å². The maximum Gasteiger partial charge on any atom is 0.317 e. The van der Waals surface area contributed by atoms with Gasteiger partial charge in [0.2, 0.25) is 0 Å². The molecule has 1 aliphatic heterocycles. The first kappa shape index (κ1) is 18.0. The Morgan fingerprint density at radius 2 is 1.73 bits per heavy atom. The molecule has 0 aliphatic carbocycles. The highest BCUT2D eigenvalue weighted by Crippen LogP contribution is 2.07. The third kappa shape index (κ3) is 14.6. The van der Waals surface area contributed by atoms with Crippen LogP contribution in [0, 0.1) is 0 Å². The van der Waals surface area contributed by atoms with E-state index in [0.29, 0.717) is 0 Å². The van der Waals surface area contributed by atoms with E-state index in [1.807, 2.05) is 4.90 Å². The Morgan fingerprint density at radius 3 is 2.07 bits per heavy atom. The molecule has 0 unspecified atom stereocenters. The van der Waals surface area contributed by atoms with E-state index in [2.05, 4.69) is 21.4 Å². The predicted molar refractivity (Wildman–Crippen MR) is 65.0 cm³/mol. The summed E-state index contributed by atoms with van der Waals surface area (Å²) in [4.78, 5) is 12.2. The van der Waals surface area contributed by atoms with Crippen LogP contribution in [0.3, 0.4) is 0 Å². The number of carboxylic acid groups (broad SMARTS) is 1. The van der Waals surface area contributed by atoms with E-state index < -0.39 is 15.6 Å². The summed E-state index contributed by atoms with van der Waals surface area (Å²) in [6.07, 6.45) is 3.58. The fraction of sp³-hybridized carbons (Fsp3) is 0.857. The lowest BCUT2D eigenvalue weighted by Gasteiger charge is -2.24. The van der Waals surface area contributed by atoms with Crippen LogP contribution in [-0.2, 0) is 14.4 Å². The number of carboxylic acids is 1. The van der Waals surface area contributed by atoms with Crippen molar-refractivity contribution in [1.29, 1.82) is 0 Å². The van der Waals surface area contributed by atoms with Crippen LogP contribution in [0.15, 0.2) is 0 Å². The molecule has 0 aromatic carbocycles. The molecule has 0 saturated carbocycles. The molecule has 0 radical (unpaired) electrons. The molecule has 92 valence electrons. The first-order valence-electron chi connectivity index (χ1n) is 4.21. The number of hydrogen-bond acceptors (Lipinski definition) is 3. The average molecular weight is 299 g/mol. The zero-order chi connectivity index (χ0) is 11.0. The van der Waals surface area contributed by atoms with E-state index in [0.717, 1.165) is 25.9 Å². The molecule has 0 atom stereocenters. The second-order valence-electron chi connectivity index (χ2n) is 2.91. The molecule has 1 heterocycles. The first-order chi connectivity index (χ1) is 6.52. The Hall–Kier alpha value is 0.610. The van der Waals surface area contributed by atoms with Gasteiger partial charge in [-0.1, -0.05) is 6.42 Å². The van der Waals surface area contributed by atoms with Gasteiger partial charge in [-0.3, -0.25) is 9.69 Å². The fourth-order valence-corrected chi connectivity index (χ4v) is 1.31. The Bertz CT molecular complexity index is 165. The molecule has 0 bridgehead atoms. The van der Waals surface area contributed by atoms with Crippen molar-refractivity contribution >= 4 is 49.3 Å². The van der Waals surface area contributed by atoms with E-state index in [-0.39, 0.29) is 19.0 Å². The van der Waals surface area contributed by atoms with Gasteiger partial charge in [0.1, 0.15) is 0 Å². The number of hydrogen-bond donors (Lipinski definition) is 1. The van der Waals surface area contributed by atoms with Gasteiger partial charge in [0.25, 0.3) is 0 Å². The van der Waals surface area contributed by atoms with Crippen LogP contribution >= 0.6 is 33.8 Å². The lowest BCUT2D eigenvalue weighted by molar-refractivity contribution is -0.138. The molecule has 1 saturated heterocycles. The van der Waals surface area contributed by atoms with E-state index >= 15 is 0 Å². The van der Waals surface area contributed by atoms with Crippen LogP contribution in [0.4, 0.5) is 0 Å². The molecule has 15 heavy (non-hydrogen) atoms. The molecule has 0 aromatic heterocycles. The SMILES string of the molecule is Cl.O=C(O)CN1CCCCC1.[O-][S+](Cl)Cl. The van der Waals surface area contributed by atoms with Crippen LogP contribution in [0.25, 0.3) is 0 Å². The number of aliphatic carboxylic acids is 1. The van der Waals surface area contributed by atoms with E-state index in [1.165, 1.54) is 6.42 Å². The molecule has 4 nitrogen and oxygen atoms in total. The maximum atomic E-state index is 10.2. The van der Waals surface area contributed by atoms with Gasteiger partial charge >= 0.3 is 5.97 Å². The molecule has 8 heteroatoms. The van der Waals surface area contributed by atoms with Gasteiger partial charge in [-0.25, -0.2) is 0 Å². The quantitative estimate of drug-likeness (QED) is 0.792. The van der Waals surface area contributed by atoms with Crippen molar-refractivity contribution in [1.82, 2.24) is 4.90 Å². The Morgan fingerprint density at radius 1 is 1.33 bits per heavy atom. The Kier molecular flexibility index (Phi) is 13.3. The number of rotatable bonds is 2. The summed E-state index contributed by atoms with van der Waals surface area (Å²) in [5.41, 5.74) is 0. The monoisotopic (exact) mass is 297 g/mol. The molecule has 1 rings (SSSR count). The van der Waals surface area contributed by atoms with Crippen molar-refractivity contribution in [3.8, 4) is 0 Å². The van der Waals surface area contributed by atoms with Crippen LogP contribution in [0.1, 0.15) is 19.3 Å². The predicted octanol–water partition coefficient (Wildman–Crippen LogP) is 2.02. The van der Waals surface area contributed by atoms with Crippen molar-refractivity contribution in [3.63, 3.8) is 0 Å². The van der Waals surface area contributed by atoms with Crippen molar-refractivity contribution in [3.05, 3.63) is 0 Å². The molecule has 1 aliphatic rings. The highest BCUT2D eigenvalue weighted by molar-refractivity contribution is 8.31. The number of likely N-dealkylation sites (tertiary alicyclic amines) is 1. The van der Waals surface area contributed by atoms with E-state index in [1.54, 1.807) is 0 Å². The van der Waals surface area contributed by atoms with Gasteiger partial charge in [0, 0.05) is 0 Å². The highest BCUT2D eigenvalue weighted by atomic mass is 36.0. The fourth-order valence-electron chi connectivity index (χ4n) is 1.31. The molecule has 1 fully saturated rings. The molecule has 0 spiro atoms. The summed E-state index contributed by atoms with van der Waals surface area (Å²) in [5.74, 6) is -0.707. The minimum absolute atomic E-state index is 0. The normalized spacial score (nSPS) is 16.3. The summed E-state index contributed by atoms with van der Waals surface area (Å²) in [6, 6.07) is 0. The van der Waals surface area contributed by atoms with Crippen molar-refractivity contribution in [2.24, 2.45) is 0 Å². The minimum atomic E-state index is -1.67. The molecule has 0 aromatic rings. The van der Waals surface area contributed by atoms with Crippen molar-refractivity contribution < 1.29 is 14.5 Å². The summed E-state index contributed by atoms with van der Waals surface area (Å²) < 4.78 is 9.09. The summed E-state index contributed by atoms with van der Waals surface area (Å²) in [5, 5.41) is 8.42. The first-order valence-corrected chi connectivity index (χ1v) is 7.01. The van der Waals surface area contributed by atoms with Crippen LogP contribution in [0.5, 0.6) is 0 Å². The third-order valence-corrected chi connectivity index (χ3v) is 1.81. The van der Waals surface area contributed by atoms with E-state index in [9.17, 15) is 4.79 Å². The van der Waals surface area contributed by atoms with Crippen molar-refractivity contribution in [2.75, 3.05) is 19.6 Å². The number of nitrogens with zero attached hydrogens (tertiary/aromatic N) is 1. The van der Waals surface area contributed by atoms with Gasteiger partial charge in [-0.15, -0.1) is 12.4 Å². The van der Waals surface area contributed by atoms with Gasteiger partial charge in [-0.2, -0.15) is 0 Å². The maximum absolute atomic E-state index is 10.2. The van der Waals surface area contributed by atoms with Gasteiger partial charge in [0.15, 0.2) is 31.0 Å². The number of halogens is 3. The average Bonchev–Trinajstić information content (AvgIpc) is 2.03. The largest absolute Gasteiger partial charge is 0.582 e. The number of piperidine rings is 1. The van der Waals surface area contributed by atoms with Gasteiger partial charge in [-0.05, 0) is 25.9 Å². The summed E-state index contributed by atoms with van der Waals surface area (Å²) >= 11 is 0. The van der Waals surface area contributed by atoms with Gasteiger partial charge in [0.05, 0.1) is 6.54 Å². The lowest BCUT2D eigenvalue weighted by Crippen LogP contribution is -2.34. The summed E-state index contributed by atoms with van der Waals surface area (Å²) in [7, 11) is 7.36. The molecule has 1 N–H and O–H groups in total. The minimum Gasteiger partial charge on any atom is -0.582 e. The topological polar surface area (TPSA) is 63.6 Å². The van der Waals surface area contributed by atoms with E-state index in [4.69, 9.17) is 9.66 Å². The van der Waals surface area contributed by atoms with Crippen LogP contribution in [-0.4, -0.2) is 40.2 Å². The highest BCUT2D eigenvalue weighted by Gasteiger charge is 2.11. The molecular formula is C7H14Cl3NO3S. The third-order valence-electron chi connectivity index (χ3n) is 1.81.